The first-order valence-electron chi connectivity index (χ1n) is 6.31. The van der Waals surface area contributed by atoms with Crippen LogP contribution < -0.4 is 0 Å². The third-order valence-electron chi connectivity index (χ3n) is 3.00. The number of benzene rings is 2. The van der Waals surface area contributed by atoms with Crippen molar-refractivity contribution >= 4 is 11.8 Å². The van der Waals surface area contributed by atoms with Crippen LogP contribution >= 0.6 is 11.8 Å². The number of aryl methyl sites for hydroxylation is 2. The summed E-state index contributed by atoms with van der Waals surface area (Å²) in [5, 5.41) is 9.66. The highest BCUT2D eigenvalue weighted by Crippen LogP contribution is 2.31. The molecule has 0 aromatic heterocycles. The van der Waals surface area contributed by atoms with Crippen LogP contribution in [-0.4, -0.2) is 5.11 Å². The van der Waals surface area contributed by atoms with Crippen LogP contribution in [0.3, 0.4) is 0 Å². The summed E-state index contributed by atoms with van der Waals surface area (Å²) in [6, 6.07) is 14.5. The van der Waals surface area contributed by atoms with Gasteiger partial charge in [-0.2, -0.15) is 0 Å². The van der Waals surface area contributed by atoms with Gasteiger partial charge in [0.2, 0.25) is 0 Å². The average molecular weight is 258 g/mol. The van der Waals surface area contributed by atoms with Crippen LogP contribution in [0.15, 0.2) is 52.3 Å². The van der Waals surface area contributed by atoms with Gasteiger partial charge < -0.3 is 5.11 Å². The van der Waals surface area contributed by atoms with Gasteiger partial charge in [0.15, 0.2) is 0 Å². The third kappa shape index (κ3) is 3.08. The number of hydrogen-bond acceptors (Lipinski definition) is 2. The topological polar surface area (TPSA) is 20.2 Å². The highest BCUT2D eigenvalue weighted by Gasteiger charge is 2.02. The summed E-state index contributed by atoms with van der Waals surface area (Å²) in [4.78, 5) is 2.41. The van der Waals surface area contributed by atoms with Crippen molar-refractivity contribution < 1.29 is 5.11 Å². The number of phenolic OH excluding ortho intramolecular Hbond substituents is 1. The molecule has 2 aromatic carbocycles. The lowest BCUT2D eigenvalue weighted by atomic mass is 10.1. The van der Waals surface area contributed by atoms with E-state index in [0.29, 0.717) is 5.75 Å². The van der Waals surface area contributed by atoms with E-state index in [4.69, 9.17) is 0 Å². The lowest BCUT2D eigenvalue weighted by molar-refractivity contribution is 0.468. The summed E-state index contributed by atoms with van der Waals surface area (Å²) in [5.41, 5.74) is 2.37. The molecule has 0 aliphatic heterocycles. The van der Waals surface area contributed by atoms with E-state index in [-0.39, 0.29) is 0 Å². The third-order valence-corrected chi connectivity index (χ3v) is 4.00. The largest absolute Gasteiger partial charge is 0.508 e. The molecule has 0 unspecified atom stereocenters. The molecule has 2 heteroatoms. The van der Waals surface area contributed by atoms with Crippen molar-refractivity contribution in [3.05, 3.63) is 53.6 Å². The molecule has 0 fully saturated rings. The lowest BCUT2D eigenvalue weighted by Gasteiger charge is -2.06. The van der Waals surface area contributed by atoms with Gasteiger partial charge in [-0.05, 0) is 54.3 Å². The predicted molar refractivity (Wildman–Crippen MR) is 77.4 cm³/mol. The van der Waals surface area contributed by atoms with Gasteiger partial charge in [0.1, 0.15) is 5.75 Å². The summed E-state index contributed by atoms with van der Waals surface area (Å²) in [6.07, 6.45) is 1.93. The minimum atomic E-state index is 0.392. The average Bonchev–Trinajstić information content (AvgIpc) is 2.42. The summed E-state index contributed by atoms with van der Waals surface area (Å²) in [7, 11) is 0. The lowest BCUT2D eigenvalue weighted by Crippen LogP contribution is -1.83. The van der Waals surface area contributed by atoms with E-state index in [1.165, 1.54) is 15.4 Å². The van der Waals surface area contributed by atoms with Gasteiger partial charge >= 0.3 is 0 Å². The SMILES string of the molecule is CCc1ccc(Sc2ccc(O)c(CC)c2)cc1. The van der Waals surface area contributed by atoms with Gasteiger partial charge in [-0.1, -0.05) is 37.7 Å². The van der Waals surface area contributed by atoms with E-state index < -0.39 is 0 Å². The fourth-order valence-corrected chi connectivity index (χ4v) is 2.72. The quantitative estimate of drug-likeness (QED) is 0.860. The molecule has 0 atom stereocenters. The van der Waals surface area contributed by atoms with E-state index >= 15 is 0 Å². The van der Waals surface area contributed by atoms with E-state index in [1.807, 2.05) is 6.07 Å². The zero-order chi connectivity index (χ0) is 13.0. The maximum absolute atomic E-state index is 9.66. The van der Waals surface area contributed by atoms with Crippen molar-refractivity contribution in [2.75, 3.05) is 0 Å². The standard InChI is InChI=1S/C16H18OS/c1-3-12-5-7-14(8-6-12)18-15-9-10-16(17)13(4-2)11-15/h5-11,17H,3-4H2,1-2H3. The Bertz CT molecular complexity index is 517. The molecule has 0 saturated heterocycles. The molecule has 0 saturated carbocycles. The maximum Gasteiger partial charge on any atom is 0.118 e. The molecule has 0 radical (unpaired) electrons. The molecule has 0 aliphatic carbocycles. The molecule has 0 amide bonds. The summed E-state index contributed by atoms with van der Waals surface area (Å²) < 4.78 is 0. The van der Waals surface area contributed by atoms with Crippen molar-refractivity contribution in [3.8, 4) is 5.75 Å². The van der Waals surface area contributed by atoms with Crippen molar-refractivity contribution in [2.24, 2.45) is 0 Å². The number of rotatable bonds is 4. The summed E-state index contributed by atoms with van der Waals surface area (Å²) in [5.74, 6) is 0.392. The normalized spacial score (nSPS) is 10.6. The van der Waals surface area contributed by atoms with Crippen molar-refractivity contribution in [1.29, 1.82) is 0 Å². The Morgan fingerprint density at radius 1 is 0.889 bits per heavy atom. The van der Waals surface area contributed by atoms with Crippen molar-refractivity contribution in [1.82, 2.24) is 0 Å². The fraction of sp³-hybridized carbons (Fsp3) is 0.250. The van der Waals surface area contributed by atoms with E-state index in [2.05, 4.69) is 44.2 Å². The molecule has 2 rings (SSSR count). The molecular weight excluding hydrogens is 240 g/mol. The highest BCUT2D eigenvalue weighted by molar-refractivity contribution is 7.99. The zero-order valence-corrected chi connectivity index (χ0v) is 11.6. The summed E-state index contributed by atoms with van der Waals surface area (Å²) >= 11 is 1.73. The van der Waals surface area contributed by atoms with E-state index in [9.17, 15) is 5.11 Å². The van der Waals surface area contributed by atoms with Crippen LogP contribution in [0.25, 0.3) is 0 Å². The van der Waals surface area contributed by atoms with E-state index in [0.717, 1.165) is 18.4 Å². The minimum Gasteiger partial charge on any atom is -0.508 e. The molecule has 0 bridgehead atoms. The Labute approximate surface area is 113 Å². The van der Waals surface area contributed by atoms with Crippen LogP contribution in [0.1, 0.15) is 25.0 Å². The summed E-state index contributed by atoms with van der Waals surface area (Å²) in [6.45, 7) is 4.22. The Morgan fingerprint density at radius 3 is 2.17 bits per heavy atom. The van der Waals surface area contributed by atoms with Crippen LogP contribution in [0, 0.1) is 0 Å². The molecule has 94 valence electrons. The second-order valence-electron chi connectivity index (χ2n) is 4.24. The van der Waals surface area contributed by atoms with Gasteiger partial charge in [0.25, 0.3) is 0 Å². The van der Waals surface area contributed by atoms with Crippen molar-refractivity contribution in [2.45, 2.75) is 36.5 Å². The molecule has 0 heterocycles. The molecule has 18 heavy (non-hydrogen) atoms. The number of phenols is 1. The first-order chi connectivity index (χ1) is 8.72. The molecule has 1 nitrogen and oxygen atoms in total. The van der Waals surface area contributed by atoms with Gasteiger partial charge in [-0.25, -0.2) is 0 Å². The molecule has 1 N–H and O–H groups in total. The minimum absolute atomic E-state index is 0.392. The Hall–Kier alpha value is -1.41. The van der Waals surface area contributed by atoms with Gasteiger partial charge in [-0.3, -0.25) is 0 Å². The van der Waals surface area contributed by atoms with Gasteiger partial charge in [0, 0.05) is 9.79 Å². The molecular formula is C16H18OS. The molecule has 0 aliphatic rings. The number of hydrogen-bond donors (Lipinski definition) is 1. The highest BCUT2D eigenvalue weighted by atomic mass is 32.2. The van der Waals surface area contributed by atoms with Crippen LogP contribution in [0.5, 0.6) is 5.75 Å². The zero-order valence-electron chi connectivity index (χ0n) is 10.8. The van der Waals surface area contributed by atoms with Crippen LogP contribution in [0.4, 0.5) is 0 Å². The van der Waals surface area contributed by atoms with Gasteiger partial charge in [0.05, 0.1) is 0 Å². The van der Waals surface area contributed by atoms with Crippen LogP contribution in [-0.2, 0) is 12.8 Å². The second-order valence-corrected chi connectivity index (χ2v) is 5.39. The van der Waals surface area contributed by atoms with E-state index in [1.54, 1.807) is 17.8 Å². The maximum atomic E-state index is 9.66. The number of aromatic hydroxyl groups is 1. The monoisotopic (exact) mass is 258 g/mol. The predicted octanol–water partition coefficient (Wildman–Crippen LogP) is 4.67. The van der Waals surface area contributed by atoms with Crippen molar-refractivity contribution in [3.63, 3.8) is 0 Å². The Balaban J connectivity index is 2.17. The Morgan fingerprint density at radius 2 is 1.56 bits per heavy atom. The molecule has 2 aromatic rings. The van der Waals surface area contributed by atoms with Crippen LogP contribution in [0.2, 0.25) is 0 Å². The molecule has 0 spiro atoms. The van der Waals surface area contributed by atoms with Gasteiger partial charge in [-0.15, -0.1) is 0 Å². The fourth-order valence-electron chi connectivity index (χ4n) is 1.84. The first-order valence-corrected chi connectivity index (χ1v) is 7.13. The second kappa shape index (κ2) is 5.96. The first kappa shape index (κ1) is 13.0. The smallest absolute Gasteiger partial charge is 0.118 e. The Kier molecular flexibility index (Phi) is 4.32.